The summed E-state index contributed by atoms with van der Waals surface area (Å²) in [5.74, 6) is 0.741. The minimum Gasteiger partial charge on any atom is -0.357 e. The fourth-order valence-electron chi connectivity index (χ4n) is 1.63. The van der Waals surface area contributed by atoms with Crippen LogP contribution in [-0.2, 0) is 16.6 Å². The van der Waals surface area contributed by atoms with E-state index in [1.807, 2.05) is 13.0 Å². The average molecular weight is 521 g/mol. The van der Waals surface area contributed by atoms with Crippen LogP contribution in [0, 0.1) is 0 Å². The second-order valence-electron chi connectivity index (χ2n) is 6.02. The lowest BCUT2D eigenvalue weighted by Gasteiger charge is -2.23. The van der Waals surface area contributed by atoms with Gasteiger partial charge in [0.05, 0.1) is 6.54 Å². The smallest absolute Gasteiger partial charge is 0.252 e. The Hall–Kier alpha value is -0.0400. The summed E-state index contributed by atoms with van der Waals surface area (Å²) in [6, 6.07) is 3.46. The summed E-state index contributed by atoms with van der Waals surface area (Å²) in [5, 5.41) is 6.55. The van der Waals surface area contributed by atoms with Crippen LogP contribution in [0.15, 0.2) is 21.3 Å². The molecule has 0 fully saturated rings. The average Bonchev–Trinajstić information content (AvgIpc) is 2.99. The molecular formula is C15H29IN4O2S3. The van der Waals surface area contributed by atoms with Gasteiger partial charge in [0, 0.05) is 36.8 Å². The second-order valence-corrected chi connectivity index (χ2v) is 11.1. The highest BCUT2D eigenvalue weighted by Gasteiger charge is 2.19. The largest absolute Gasteiger partial charge is 0.357 e. The van der Waals surface area contributed by atoms with Gasteiger partial charge in [-0.1, -0.05) is 0 Å². The SMILES string of the molecule is CCNC(=NCc1ccc(S(=O)(=O)N(C)C)s1)NCC(C)(C)SC.I. The maximum absolute atomic E-state index is 12.1. The van der Waals surface area contributed by atoms with Crippen molar-refractivity contribution in [1.82, 2.24) is 14.9 Å². The molecule has 0 bridgehead atoms. The van der Waals surface area contributed by atoms with Gasteiger partial charge in [-0.05, 0) is 39.2 Å². The zero-order chi connectivity index (χ0) is 18.4. The summed E-state index contributed by atoms with van der Waals surface area (Å²) in [6.07, 6.45) is 2.09. The van der Waals surface area contributed by atoms with Crippen LogP contribution in [0.4, 0.5) is 0 Å². The molecule has 1 aromatic rings. The van der Waals surface area contributed by atoms with Crippen molar-refractivity contribution in [2.24, 2.45) is 4.99 Å². The summed E-state index contributed by atoms with van der Waals surface area (Å²) in [4.78, 5) is 5.46. The molecule has 10 heteroatoms. The number of nitrogens with zero attached hydrogens (tertiary/aromatic N) is 2. The number of hydrogen-bond donors (Lipinski definition) is 2. The van der Waals surface area contributed by atoms with E-state index in [9.17, 15) is 8.42 Å². The number of halogens is 1. The minimum atomic E-state index is -3.37. The van der Waals surface area contributed by atoms with E-state index >= 15 is 0 Å². The van der Waals surface area contributed by atoms with Crippen molar-refractivity contribution in [1.29, 1.82) is 0 Å². The fourth-order valence-corrected chi connectivity index (χ4v) is 4.29. The van der Waals surface area contributed by atoms with Gasteiger partial charge in [-0.15, -0.1) is 35.3 Å². The lowest BCUT2D eigenvalue weighted by Crippen LogP contribution is -2.43. The molecule has 1 rings (SSSR count). The van der Waals surface area contributed by atoms with Crippen LogP contribution >= 0.6 is 47.1 Å². The molecule has 146 valence electrons. The molecule has 0 unspecified atom stereocenters. The van der Waals surface area contributed by atoms with E-state index in [0.717, 1.165) is 23.9 Å². The van der Waals surface area contributed by atoms with E-state index in [1.165, 1.54) is 29.7 Å². The molecule has 0 aliphatic heterocycles. The van der Waals surface area contributed by atoms with Crippen LogP contribution in [0.1, 0.15) is 25.6 Å². The van der Waals surface area contributed by atoms with Crippen LogP contribution in [-0.4, -0.2) is 56.9 Å². The Morgan fingerprint density at radius 1 is 1.32 bits per heavy atom. The molecule has 6 nitrogen and oxygen atoms in total. The molecule has 0 aliphatic carbocycles. The molecule has 1 aromatic heterocycles. The lowest BCUT2D eigenvalue weighted by atomic mass is 10.2. The Kier molecular flexibility index (Phi) is 10.9. The monoisotopic (exact) mass is 520 g/mol. The maximum atomic E-state index is 12.1. The molecule has 0 aromatic carbocycles. The van der Waals surface area contributed by atoms with Gasteiger partial charge in [0.25, 0.3) is 10.0 Å². The number of sulfonamides is 1. The van der Waals surface area contributed by atoms with Crippen molar-refractivity contribution in [3.8, 4) is 0 Å². The first kappa shape index (κ1) is 25.0. The molecule has 0 saturated carbocycles. The van der Waals surface area contributed by atoms with E-state index in [1.54, 1.807) is 17.8 Å². The Morgan fingerprint density at radius 3 is 2.48 bits per heavy atom. The van der Waals surface area contributed by atoms with Gasteiger partial charge in [0.1, 0.15) is 4.21 Å². The van der Waals surface area contributed by atoms with E-state index in [4.69, 9.17) is 0 Å². The summed E-state index contributed by atoms with van der Waals surface area (Å²) >= 11 is 3.06. The first-order chi connectivity index (χ1) is 11.1. The molecular weight excluding hydrogens is 491 g/mol. The highest BCUT2D eigenvalue weighted by Crippen LogP contribution is 2.24. The van der Waals surface area contributed by atoms with Crippen molar-refractivity contribution in [2.45, 2.75) is 36.3 Å². The molecule has 2 N–H and O–H groups in total. The number of nitrogens with one attached hydrogen (secondary N) is 2. The van der Waals surface area contributed by atoms with Crippen LogP contribution < -0.4 is 10.6 Å². The number of thiophene rings is 1. The van der Waals surface area contributed by atoms with Crippen molar-refractivity contribution >= 4 is 63.1 Å². The highest BCUT2D eigenvalue weighted by atomic mass is 127. The van der Waals surface area contributed by atoms with Gasteiger partial charge in [-0.3, -0.25) is 0 Å². The van der Waals surface area contributed by atoms with Crippen LogP contribution in [0.5, 0.6) is 0 Å². The molecule has 25 heavy (non-hydrogen) atoms. The summed E-state index contributed by atoms with van der Waals surface area (Å²) in [5.41, 5.74) is 0. The van der Waals surface area contributed by atoms with Crippen LogP contribution in [0.2, 0.25) is 0 Å². The Balaban J connectivity index is 0.00000576. The molecule has 0 amide bonds. The van der Waals surface area contributed by atoms with Crippen molar-refractivity contribution in [3.63, 3.8) is 0 Å². The van der Waals surface area contributed by atoms with Crippen molar-refractivity contribution in [2.75, 3.05) is 33.4 Å². The summed E-state index contributed by atoms with van der Waals surface area (Å²) in [6.45, 7) is 8.38. The third-order valence-electron chi connectivity index (χ3n) is 3.34. The Bertz CT molecular complexity index is 657. The van der Waals surface area contributed by atoms with Gasteiger partial charge in [0.2, 0.25) is 0 Å². The van der Waals surface area contributed by atoms with E-state index in [2.05, 4.69) is 35.7 Å². The number of guanidine groups is 1. The van der Waals surface area contributed by atoms with E-state index in [-0.39, 0.29) is 28.7 Å². The number of hydrogen-bond acceptors (Lipinski definition) is 5. The van der Waals surface area contributed by atoms with Crippen molar-refractivity contribution < 1.29 is 8.42 Å². The summed E-state index contributed by atoms with van der Waals surface area (Å²) < 4.78 is 25.9. The number of thioether (sulfide) groups is 1. The van der Waals surface area contributed by atoms with Gasteiger partial charge in [-0.2, -0.15) is 11.8 Å². The maximum Gasteiger partial charge on any atom is 0.252 e. The van der Waals surface area contributed by atoms with E-state index < -0.39 is 10.0 Å². The number of rotatable bonds is 8. The van der Waals surface area contributed by atoms with Gasteiger partial charge in [0.15, 0.2) is 5.96 Å². The Labute approximate surface area is 177 Å². The number of aliphatic imine (C=N–C) groups is 1. The first-order valence-corrected chi connectivity index (χ1v) is 11.2. The minimum absolute atomic E-state index is 0. The molecule has 0 radical (unpaired) electrons. The molecule has 0 atom stereocenters. The van der Waals surface area contributed by atoms with Crippen LogP contribution in [0.3, 0.4) is 0 Å². The lowest BCUT2D eigenvalue weighted by molar-refractivity contribution is 0.523. The van der Waals surface area contributed by atoms with Gasteiger partial charge < -0.3 is 10.6 Å². The zero-order valence-electron chi connectivity index (χ0n) is 15.6. The second kappa shape index (κ2) is 11.0. The molecule has 0 aliphatic rings. The Morgan fingerprint density at radius 2 is 1.96 bits per heavy atom. The predicted molar refractivity (Wildman–Crippen MR) is 121 cm³/mol. The third kappa shape index (κ3) is 8.02. The summed E-state index contributed by atoms with van der Waals surface area (Å²) in [7, 11) is -0.298. The quantitative estimate of drug-likeness (QED) is 0.313. The highest BCUT2D eigenvalue weighted by molar-refractivity contribution is 14.0. The standard InChI is InChI=1S/C15H28N4O2S3.HI/c1-7-16-14(18-11-15(2,3)22-6)17-10-12-8-9-13(23-12)24(20,21)19(4)5;/h8-9H,7,10-11H2,1-6H3,(H2,16,17,18);1H. The molecule has 0 saturated heterocycles. The van der Waals surface area contributed by atoms with E-state index in [0.29, 0.717) is 10.8 Å². The normalized spacial score (nSPS) is 12.8. The third-order valence-corrected chi connectivity index (χ3v) is 7.95. The predicted octanol–water partition coefficient (Wildman–Crippen LogP) is 2.81. The molecule has 0 spiro atoms. The first-order valence-electron chi connectivity index (χ1n) is 7.71. The zero-order valence-corrected chi connectivity index (χ0v) is 20.4. The van der Waals surface area contributed by atoms with Gasteiger partial charge >= 0.3 is 0 Å². The van der Waals surface area contributed by atoms with Crippen LogP contribution in [0.25, 0.3) is 0 Å². The van der Waals surface area contributed by atoms with Gasteiger partial charge in [-0.25, -0.2) is 17.7 Å². The topological polar surface area (TPSA) is 73.8 Å². The van der Waals surface area contributed by atoms with Crippen molar-refractivity contribution in [3.05, 3.63) is 17.0 Å². The molecule has 1 heterocycles. The fraction of sp³-hybridized carbons (Fsp3) is 0.667.